The summed E-state index contributed by atoms with van der Waals surface area (Å²) in [7, 11) is -8.11. The van der Waals surface area contributed by atoms with Gasteiger partial charge in [0.25, 0.3) is 0 Å². The van der Waals surface area contributed by atoms with Gasteiger partial charge in [0.1, 0.15) is 0 Å². The molecule has 0 atom stereocenters. The van der Waals surface area contributed by atoms with Crippen molar-refractivity contribution in [1.82, 2.24) is 0 Å². The van der Waals surface area contributed by atoms with Gasteiger partial charge in [-0.25, -0.2) is 13.6 Å². The van der Waals surface area contributed by atoms with E-state index in [9.17, 15) is 22.0 Å². The van der Waals surface area contributed by atoms with Crippen molar-refractivity contribution in [2.45, 2.75) is 34.1 Å². The van der Waals surface area contributed by atoms with E-state index in [1.165, 1.54) is 23.3 Å². The lowest BCUT2D eigenvalue weighted by Crippen LogP contribution is -2.11. The van der Waals surface area contributed by atoms with Crippen LogP contribution in [0.2, 0.25) is 0 Å². The van der Waals surface area contributed by atoms with E-state index in [4.69, 9.17) is 5.14 Å². The van der Waals surface area contributed by atoms with Gasteiger partial charge in [-0.1, -0.05) is 64.5 Å². The zero-order chi connectivity index (χ0) is 26.2. The number of thioether (sulfide) groups is 2. The normalized spacial score (nSPS) is 12.1. The van der Waals surface area contributed by atoms with Gasteiger partial charge in [-0.2, -0.15) is 23.5 Å². The van der Waals surface area contributed by atoms with Crippen LogP contribution in [0.3, 0.4) is 0 Å². The van der Waals surface area contributed by atoms with Gasteiger partial charge < -0.3 is 0 Å². The van der Waals surface area contributed by atoms with Crippen molar-refractivity contribution in [1.29, 1.82) is 0 Å². The maximum Gasteiger partial charge on any atom is 0.399 e. The molecule has 3 rings (SSSR count). The molecule has 13 heteroatoms. The molecule has 0 spiro atoms. The Bertz CT molecular complexity index is 1300. The first-order chi connectivity index (χ1) is 17.1. The van der Waals surface area contributed by atoms with Crippen molar-refractivity contribution in [3.8, 4) is 0 Å². The zero-order valence-electron chi connectivity index (χ0n) is 18.8. The van der Waals surface area contributed by atoms with E-state index < -0.39 is 23.8 Å². The first-order valence-corrected chi connectivity index (χ1v) is 16.8. The van der Waals surface area contributed by atoms with Crippen LogP contribution >= 0.6 is 47.0 Å². The molecule has 0 aliphatic carbocycles. The number of benzene rings is 3. The molecule has 0 saturated carbocycles. The van der Waals surface area contributed by atoms with E-state index >= 15 is 0 Å². The van der Waals surface area contributed by atoms with Gasteiger partial charge in [0.15, 0.2) is 0 Å². The quantitative estimate of drug-likeness (QED) is 0.194. The lowest BCUT2D eigenvalue weighted by atomic mass is 10.2. The van der Waals surface area contributed by atoms with Gasteiger partial charge in [-0.15, -0.1) is 9.46 Å². The van der Waals surface area contributed by atoms with Gasteiger partial charge in [-0.05, 0) is 55.1 Å². The molecule has 0 fully saturated rings. The molecule has 3 aromatic carbocycles. The second-order valence-electron chi connectivity index (χ2n) is 7.82. The largest absolute Gasteiger partial charge is 0.399 e. The highest BCUT2D eigenvalue weighted by Gasteiger charge is 2.29. The molecule has 0 radical (unpaired) electrons. The van der Waals surface area contributed by atoms with Crippen LogP contribution in [0, 0.1) is 0 Å². The summed E-state index contributed by atoms with van der Waals surface area (Å²) in [6.45, 7) is 0. The van der Waals surface area contributed by atoms with Crippen molar-refractivity contribution in [2.24, 2.45) is 5.14 Å². The van der Waals surface area contributed by atoms with Crippen molar-refractivity contribution in [3.63, 3.8) is 0 Å². The fourth-order valence-corrected chi connectivity index (χ4v) is 7.17. The molecule has 3 aromatic rings. The summed E-state index contributed by atoms with van der Waals surface area (Å²) in [6.07, 6.45) is -0.524. The van der Waals surface area contributed by atoms with Gasteiger partial charge in [-0.3, -0.25) is 4.57 Å². The summed E-state index contributed by atoms with van der Waals surface area (Å²) in [6, 6.07) is 20.2. The molecule has 194 valence electrons. The fourth-order valence-electron chi connectivity index (χ4n) is 3.16. The summed E-state index contributed by atoms with van der Waals surface area (Å²) >= 11 is 6.79. The topological polar surface area (TPSA) is 95.7 Å². The number of primary sulfonamides is 1. The van der Waals surface area contributed by atoms with E-state index in [0.29, 0.717) is 10.0 Å². The SMILES string of the molecule is NS(=O)(=O)c1ccc(CSCc2ccc(CSCc3ccc(CP(=O)(OF)OF)c(Br)c3)cc2)cc1. The molecular formula is C23H23BrF2NO5PS3. The van der Waals surface area contributed by atoms with Crippen LogP contribution in [-0.2, 0) is 53.2 Å². The smallest absolute Gasteiger partial charge is 0.254 e. The molecule has 0 aliphatic heterocycles. The molecule has 0 aliphatic rings. The second-order valence-corrected chi connectivity index (χ2v) is 14.0. The Morgan fingerprint density at radius 3 is 1.61 bits per heavy atom. The predicted octanol–water partition coefficient (Wildman–Crippen LogP) is 7.46. The van der Waals surface area contributed by atoms with E-state index in [-0.39, 0.29) is 4.90 Å². The standard InChI is InChI=1S/C23H23BrF2NO5PS3/c24-23-11-20(5-8-21(23)12-33(28,31-25)32-26)16-35-14-18-3-1-17(2-4-18)13-34-15-19-6-9-22(10-7-19)36(27,29)30/h1-11H,12-16H2,(H2,27,29,30). The number of hydrogen-bond donors (Lipinski definition) is 1. The highest BCUT2D eigenvalue weighted by atomic mass is 79.9. The lowest BCUT2D eigenvalue weighted by molar-refractivity contribution is -0.0881. The number of halogens is 3. The molecule has 6 nitrogen and oxygen atoms in total. The van der Waals surface area contributed by atoms with E-state index in [2.05, 4.69) is 49.7 Å². The number of hydrogen-bond acceptors (Lipinski definition) is 7. The first-order valence-electron chi connectivity index (χ1n) is 10.4. The molecule has 0 heterocycles. The Balaban J connectivity index is 1.43. The molecular weight excluding hydrogens is 615 g/mol. The molecule has 0 amide bonds. The average Bonchev–Trinajstić information content (AvgIpc) is 2.86. The third kappa shape index (κ3) is 8.95. The van der Waals surface area contributed by atoms with E-state index in [1.807, 2.05) is 6.07 Å². The summed E-state index contributed by atoms with van der Waals surface area (Å²) in [5, 5.41) is 5.12. The minimum absolute atomic E-state index is 0.109. The zero-order valence-corrected chi connectivity index (χ0v) is 23.7. The highest BCUT2D eigenvalue weighted by molar-refractivity contribution is 9.10. The second kappa shape index (κ2) is 13.5. The van der Waals surface area contributed by atoms with Crippen LogP contribution < -0.4 is 5.14 Å². The van der Waals surface area contributed by atoms with E-state index in [0.717, 1.165) is 34.1 Å². The summed E-state index contributed by atoms with van der Waals surface area (Å²) in [4.78, 5) is 0.109. The van der Waals surface area contributed by atoms with Crippen LogP contribution in [0.5, 0.6) is 0 Å². The number of nitrogens with two attached hydrogens (primary N) is 1. The Morgan fingerprint density at radius 1 is 0.778 bits per heavy atom. The maximum absolute atomic E-state index is 12.3. The van der Waals surface area contributed by atoms with Crippen LogP contribution in [0.4, 0.5) is 9.05 Å². The Morgan fingerprint density at radius 2 is 1.19 bits per heavy atom. The van der Waals surface area contributed by atoms with Gasteiger partial charge >= 0.3 is 7.60 Å². The lowest BCUT2D eigenvalue weighted by Gasteiger charge is -2.10. The molecule has 0 unspecified atom stereocenters. The van der Waals surface area contributed by atoms with Gasteiger partial charge in [0, 0.05) is 27.5 Å². The number of rotatable bonds is 13. The third-order valence-corrected chi connectivity index (χ3v) is 10.0. The van der Waals surface area contributed by atoms with Crippen LogP contribution in [0.25, 0.3) is 0 Å². The molecule has 2 N–H and O–H groups in total. The molecule has 0 aromatic heterocycles. The van der Waals surface area contributed by atoms with Gasteiger partial charge in [0.05, 0.1) is 11.1 Å². The fraction of sp³-hybridized carbons (Fsp3) is 0.217. The third-order valence-electron chi connectivity index (χ3n) is 5.04. The average molecular weight is 639 g/mol. The Hall–Kier alpha value is -1.24. The summed E-state index contributed by atoms with van der Waals surface area (Å²) < 4.78 is 65.8. The Labute approximate surface area is 225 Å². The number of sulfonamides is 1. The summed E-state index contributed by atoms with van der Waals surface area (Å²) in [5.41, 5.74) is 4.82. The molecule has 0 saturated heterocycles. The minimum Gasteiger partial charge on any atom is -0.254 e. The molecule has 0 bridgehead atoms. The monoisotopic (exact) mass is 637 g/mol. The maximum atomic E-state index is 12.3. The van der Waals surface area contributed by atoms with Crippen LogP contribution in [0.1, 0.15) is 27.8 Å². The van der Waals surface area contributed by atoms with Crippen molar-refractivity contribution in [2.75, 3.05) is 0 Å². The van der Waals surface area contributed by atoms with Crippen LogP contribution in [-0.4, -0.2) is 8.42 Å². The van der Waals surface area contributed by atoms with Crippen LogP contribution in [0.15, 0.2) is 76.1 Å². The van der Waals surface area contributed by atoms with Gasteiger partial charge in [0.2, 0.25) is 10.0 Å². The summed E-state index contributed by atoms with van der Waals surface area (Å²) in [5.74, 6) is 3.12. The van der Waals surface area contributed by atoms with Crippen molar-refractivity contribution in [3.05, 3.63) is 99.0 Å². The van der Waals surface area contributed by atoms with Crippen molar-refractivity contribution < 1.29 is 31.5 Å². The Kier molecular flexibility index (Phi) is 11.0. The minimum atomic E-state index is -4.44. The first kappa shape index (κ1) is 29.3. The van der Waals surface area contributed by atoms with Crippen molar-refractivity contribution >= 4 is 57.1 Å². The predicted molar refractivity (Wildman–Crippen MR) is 144 cm³/mol. The van der Waals surface area contributed by atoms with E-state index in [1.54, 1.807) is 47.8 Å². The molecule has 36 heavy (non-hydrogen) atoms. The highest BCUT2D eigenvalue weighted by Crippen LogP contribution is 2.53.